The molecule has 100 valence electrons. The summed E-state index contributed by atoms with van der Waals surface area (Å²) >= 11 is 3.41. The summed E-state index contributed by atoms with van der Waals surface area (Å²) in [5.41, 5.74) is 2.13. The molecular weight excluding hydrogens is 312 g/mol. The summed E-state index contributed by atoms with van der Waals surface area (Å²) in [7, 11) is 0. The Bertz CT molecular complexity index is 740. The molecule has 0 unspecified atom stereocenters. The Labute approximate surface area is 127 Å². The minimum absolute atomic E-state index is 0.161. The molecule has 20 heavy (non-hydrogen) atoms. The predicted molar refractivity (Wildman–Crippen MR) is 87.9 cm³/mol. The van der Waals surface area contributed by atoms with Crippen LogP contribution in [0.2, 0.25) is 0 Å². The lowest BCUT2D eigenvalue weighted by Crippen LogP contribution is -2.08. The Balaban J connectivity index is 1.85. The summed E-state index contributed by atoms with van der Waals surface area (Å²) in [6.07, 6.45) is 0. The molecule has 0 aliphatic heterocycles. The van der Waals surface area contributed by atoms with E-state index in [2.05, 4.69) is 75.6 Å². The maximum atomic E-state index is 4.49. The number of nitrogens with zero attached hydrogens (tertiary/aromatic N) is 1. The Kier molecular flexibility index (Phi) is 3.70. The fourth-order valence-corrected chi connectivity index (χ4v) is 2.63. The smallest absolute Gasteiger partial charge is 0.106 e. The molecule has 3 heteroatoms. The fourth-order valence-electron chi connectivity index (χ4n) is 2.27. The monoisotopic (exact) mass is 326 g/mol. The molecule has 0 fully saturated rings. The molecule has 3 rings (SSSR count). The average Bonchev–Trinajstić information content (AvgIpc) is 2.47. The van der Waals surface area contributed by atoms with E-state index in [9.17, 15) is 0 Å². The molecule has 1 heterocycles. The molecule has 0 aliphatic rings. The zero-order valence-corrected chi connectivity index (χ0v) is 12.8. The van der Waals surface area contributed by atoms with Crippen molar-refractivity contribution in [3.8, 4) is 0 Å². The van der Waals surface area contributed by atoms with Gasteiger partial charge in [0.2, 0.25) is 0 Å². The molecule has 0 amide bonds. The number of hydrogen-bond acceptors (Lipinski definition) is 2. The summed E-state index contributed by atoms with van der Waals surface area (Å²) in [4.78, 5) is 4.49. The van der Waals surface area contributed by atoms with Crippen LogP contribution in [0.4, 0.5) is 5.69 Å². The van der Waals surface area contributed by atoms with Gasteiger partial charge in [-0.05, 0) is 57.9 Å². The normalized spacial score (nSPS) is 12.3. The molecule has 1 aromatic heterocycles. The van der Waals surface area contributed by atoms with E-state index in [0.29, 0.717) is 0 Å². The van der Waals surface area contributed by atoms with Crippen LogP contribution >= 0.6 is 15.9 Å². The lowest BCUT2D eigenvalue weighted by atomic mass is 10.1. The van der Waals surface area contributed by atoms with Crippen LogP contribution in [0.25, 0.3) is 10.8 Å². The third-order valence-corrected chi connectivity index (χ3v) is 3.75. The lowest BCUT2D eigenvalue weighted by molar-refractivity contribution is 0.835. The van der Waals surface area contributed by atoms with Crippen molar-refractivity contribution in [1.29, 1.82) is 0 Å². The van der Waals surface area contributed by atoms with Crippen LogP contribution in [0.15, 0.2) is 65.3 Å². The van der Waals surface area contributed by atoms with Gasteiger partial charge in [0.05, 0.1) is 11.7 Å². The summed E-state index contributed by atoms with van der Waals surface area (Å²) in [5, 5.41) is 5.99. The van der Waals surface area contributed by atoms with E-state index in [4.69, 9.17) is 0 Å². The summed E-state index contributed by atoms with van der Waals surface area (Å²) in [5.74, 6) is 0. The van der Waals surface area contributed by atoms with Crippen LogP contribution in [0.5, 0.6) is 0 Å². The standard InChI is InChI=1S/C17H15BrN2/c1-12(16-7-4-8-17(18)20-16)19-15-10-9-13-5-2-3-6-14(13)11-15/h2-12,19H,1H3/t12-/m0/s1. The van der Waals surface area contributed by atoms with Gasteiger partial charge in [-0.2, -0.15) is 0 Å². The van der Waals surface area contributed by atoms with Crippen LogP contribution in [-0.4, -0.2) is 4.98 Å². The van der Waals surface area contributed by atoms with Gasteiger partial charge in [0.1, 0.15) is 4.60 Å². The van der Waals surface area contributed by atoms with Gasteiger partial charge in [-0.3, -0.25) is 0 Å². The van der Waals surface area contributed by atoms with E-state index in [1.165, 1.54) is 10.8 Å². The molecule has 0 saturated carbocycles. The second-order valence-corrected chi connectivity index (χ2v) is 5.63. The summed E-state index contributed by atoms with van der Waals surface area (Å²) in [6, 6.07) is 20.9. The molecule has 0 bridgehead atoms. The van der Waals surface area contributed by atoms with Gasteiger partial charge in [0, 0.05) is 5.69 Å². The summed E-state index contributed by atoms with van der Waals surface area (Å²) < 4.78 is 0.863. The van der Waals surface area contributed by atoms with Crippen LogP contribution in [0.1, 0.15) is 18.7 Å². The van der Waals surface area contributed by atoms with Gasteiger partial charge in [-0.25, -0.2) is 4.98 Å². The van der Waals surface area contributed by atoms with Gasteiger partial charge in [-0.15, -0.1) is 0 Å². The Morgan fingerprint density at radius 1 is 0.950 bits per heavy atom. The first-order valence-corrected chi connectivity index (χ1v) is 7.39. The topological polar surface area (TPSA) is 24.9 Å². The van der Waals surface area contributed by atoms with Crippen molar-refractivity contribution in [2.45, 2.75) is 13.0 Å². The van der Waals surface area contributed by atoms with Crippen molar-refractivity contribution in [2.75, 3.05) is 5.32 Å². The average molecular weight is 327 g/mol. The third kappa shape index (κ3) is 2.83. The number of anilines is 1. The highest BCUT2D eigenvalue weighted by atomic mass is 79.9. The predicted octanol–water partition coefficient (Wildman–Crippen LogP) is 5.17. The molecule has 0 saturated heterocycles. The zero-order valence-electron chi connectivity index (χ0n) is 11.2. The van der Waals surface area contributed by atoms with Crippen LogP contribution < -0.4 is 5.32 Å². The third-order valence-electron chi connectivity index (χ3n) is 3.31. The van der Waals surface area contributed by atoms with Gasteiger partial charge in [0.15, 0.2) is 0 Å². The van der Waals surface area contributed by atoms with E-state index in [1.54, 1.807) is 0 Å². The number of hydrogen-bond donors (Lipinski definition) is 1. The highest BCUT2D eigenvalue weighted by molar-refractivity contribution is 9.10. The SMILES string of the molecule is C[C@H](Nc1ccc2ccccc2c1)c1cccc(Br)n1. The van der Waals surface area contributed by atoms with Crippen molar-refractivity contribution >= 4 is 32.4 Å². The Morgan fingerprint density at radius 3 is 2.55 bits per heavy atom. The highest BCUT2D eigenvalue weighted by Crippen LogP contribution is 2.23. The molecular formula is C17H15BrN2. The molecule has 0 radical (unpaired) electrons. The summed E-state index contributed by atoms with van der Waals surface area (Å²) in [6.45, 7) is 2.12. The first-order chi connectivity index (χ1) is 9.72. The Hall–Kier alpha value is -1.87. The zero-order chi connectivity index (χ0) is 13.9. The van der Waals surface area contributed by atoms with Crippen LogP contribution in [0, 0.1) is 0 Å². The van der Waals surface area contributed by atoms with Gasteiger partial charge >= 0.3 is 0 Å². The maximum absolute atomic E-state index is 4.49. The van der Waals surface area contributed by atoms with Crippen molar-refractivity contribution in [2.24, 2.45) is 0 Å². The molecule has 1 N–H and O–H groups in total. The van der Waals surface area contributed by atoms with Crippen LogP contribution in [-0.2, 0) is 0 Å². The molecule has 2 nitrogen and oxygen atoms in total. The number of aromatic nitrogens is 1. The first kappa shape index (κ1) is 13.1. The van der Waals surface area contributed by atoms with E-state index < -0.39 is 0 Å². The van der Waals surface area contributed by atoms with Crippen molar-refractivity contribution in [3.05, 3.63) is 71.0 Å². The van der Waals surface area contributed by atoms with Crippen molar-refractivity contribution in [3.63, 3.8) is 0 Å². The highest BCUT2D eigenvalue weighted by Gasteiger charge is 2.07. The largest absolute Gasteiger partial charge is 0.377 e. The Morgan fingerprint density at radius 2 is 1.75 bits per heavy atom. The molecule has 1 atom stereocenters. The first-order valence-electron chi connectivity index (χ1n) is 6.60. The number of fused-ring (bicyclic) bond motifs is 1. The second-order valence-electron chi connectivity index (χ2n) is 4.81. The minimum Gasteiger partial charge on any atom is -0.377 e. The van der Waals surface area contributed by atoms with E-state index in [-0.39, 0.29) is 6.04 Å². The van der Waals surface area contributed by atoms with Crippen molar-refractivity contribution in [1.82, 2.24) is 4.98 Å². The molecule has 0 aliphatic carbocycles. The molecule has 0 spiro atoms. The fraction of sp³-hybridized carbons (Fsp3) is 0.118. The number of rotatable bonds is 3. The van der Waals surface area contributed by atoms with E-state index in [0.717, 1.165) is 16.0 Å². The molecule has 2 aromatic carbocycles. The van der Waals surface area contributed by atoms with E-state index >= 15 is 0 Å². The molecule has 3 aromatic rings. The number of pyridine rings is 1. The van der Waals surface area contributed by atoms with Gasteiger partial charge in [0.25, 0.3) is 0 Å². The van der Waals surface area contributed by atoms with Crippen molar-refractivity contribution < 1.29 is 0 Å². The number of nitrogens with one attached hydrogen (secondary N) is 1. The number of halogens is 1. The van der Waals surface area contributed by atoms with Crippen LogP contribution in [0.3, 0.4) is 0 Å². The maximum Gasteiger partial charge on any atom is 0.106 e. The lowest BCUT2D eigenvalue weighted by Gasteiger charge is -2.15. The van der Waals surface area contributed by atoms with Gasteiger partial charge in [-0.1, -0.05) is 36.4 Å². The number of benzene rings is 2. The minimum atomic E-state index is 0.161. The van der Waals surface area contributed by atoms with E-state index in [1.807, 2.05) is 18.2 Å². The van der Waals surface area contributed by atoms with Gasteiger partial charge < -0.3 is 5.32 Å². The quantitative estimate of drug-likeness (QED) is 0.671. The second kappa shape index (κ2) is 5.63.